The molecule has 0 unspecified atom stereocenters. The van der Waals surface area contributed by atoms with Crippen molar-refractivity contribution in [1.82, 2.24) is 19.9 Å². The highest BCUT2D eigenvalue weighted by Crippen LogP contribution is 2.23. The number of benzene rings is 1. The quantitative estimate of drug-likeness (QED) is 0.481. The molecule has 0 aliphatic carbocycles. The van der Waals surface area contributed by atoms with Gasteiger partial charge in [0.15, 0.2) is 0 Å². The van der Waals surface area contributed by atoms with Crippen molar-refractivity contribution in [2.75, 3.05) is 0 Å². The minimum Gasteiger partial charge on any atom is -0.345 e. The summed E-state index contributed by atoms with van der Waals surface area (Å²) in [4.78, 5) is 21.4. The highest BCUT2D eigenvalue weighted by Gasteiger charge is 2.17. The van der Waals surface area contributed by atoms with Gasteiger partial charge < -0.3 is 9.88 Å². The van der Waals surface area contributed by atoms with Crippen molar-refractivity contribution in [1.29, 1.82) is 0 Å². The second-order valence-corrected chi connectivity index (χ2v) is 8.02. The first-order chi connectivity index (χ1) is 14.0. The van der Waals surface area contributed by atoms with Gasteiger partial charge in [0.05, 0.1) is 17.8 Å². The van der Waals surface area contributed by atoms with Gasteiger partial charge >= 0.3 is 0 Å². The van der Waals surface area contributed by atoms with Crippen molar-refractivity contribution in [2.24, 2.45) is 0 Å². The summed E-state index contributed by atoms with van der Waals surface area (Å²) in [6.45, 7) is 4.32. The number of amides is 1. The zero-order chi connectivity index (χ0) is 20.4. The van der Waals surface area contributed by atoms with Crippen molar-refractivity contribution in [2.45, 2.75) is 20.4 Å². The number of pyridine rings is 1. The fourth-order valence-electron chi connectivity index (χ4n) is 3.28. The molecule has 3 heterocycles. The summed E-state index contributed by atoms with van der Waals surface area (Å²) >= 11 is 7.52. The number of hydrogen-bond acceptors (Lipinski definition) is 4. The van der Waals surface area contributed by atoms with Crippen LogP contribution in [0.3, 0.4) is 0 Å². The molecule has 1 N–H and O–H groups in total. The molecule has 0 radical (unpaired) electrons. The fraction of sp³-hybridized carbons (Fsp3) is 0.136. The van der Waals surface area contributed by atoms with Crippen LogP contribution in [0.25, 0.3) is 16.9 Å². The fourth-order valence-corrected chi connectivity index (χ4v) is 4.15. The molecule has 4 aromatic rings. The Morgan fingerprint density at radius 1 is 1.14 bits per heavy atom. The first kappa shape index (κ1) is 19.4. The summed E-state index contributed by atoms with van der Waals surface area (Å²) in [6.07, 6.45) is 3.49. The second-order valence-electron chi connectivity index (χ2n) is 6.64. The molecule has 0 atom stereocenters. The Labute approximate surface area is 178 Å². The van der Waals surface area contributed by atoms with E-state index in [0.29, 0.717) is 17.1 Å². The van der Waals surface area contributed by atoms with E-state index in [1.54, 1.807) is 12.4 Å². The van der Waals surface area contributed by atoms with Crippen LogP contribution < -0.4 is 5.32 Å². The molecule has 7 heteroatoms. The minimum absolute atomic E-state index is 0.112. The van der Waals surface area contributed by atoms with Crippen molar-refractivity contribution in [3.63, 3.8) is 0 Å². The Bertz CT molecular complexity index is 1150. The lowest BCUT2D eigenvalue weighted by molar-refractivity contribution is 0.0950. The molecular formula is C22H19ClN4OS. The van der Waals surface area contributed by atoms with Gasteiger partial charge in [0, 0.05) is 45.4 Å². The van der Waals surface area contributed by atoms with Gasteiger partial charge in [-0.3, -0.25) is 9.78 Å². The van der Waals surface area contributed by atoms with Crippen molar-refractivity contribution < 1.29 is 4.79 Å². The Balaban J connectivity index is 1.49. The van der Waals surface area contributed by atoms with Crippen LogP contribution in [-0.2, 0) is 6.54 Å². The van der Waals surface area contributed by atoms with Crippen molar-refractivity contribution >= 4 is 28.8 Å². The first-order valence-corrected chi connectivity index (χ1v) is 10.4. The van der Waals surface area contributed by atoms with E-state index in [9.17, 15) is 4.79 Å². The van der Waals surface area contributed by atoms with Gasteiger partial charge in [-0.25, -0.2) is 4.98 Å². The number of nitrogens with zero attached hydrogens (tertiary/aromatic N) is 3. The molecule has 0 bridgehead atoms. The number of carbonyl (C=O) groups excluding carboxylic acids is 1. The summed E-state index contributed by atoms with van der Waals surface area (Å²) in [5.41, 5.74) is 5.42. The van der Waals surface area contributed by atoms with Crippen LogP contribution in [0.5, 0.6) is 0 Å². The minimum atomic E-state index is -0.112. The number of halogens is 1. The number of thiazole rings is 1. The Morgan fingerprint density at radius 2 is 1.86 bits per heavy atom. The predicted octanol–water partition coefficient (Wildman–Crippen LogP) is 5.20. The monoisotopic (exact) mass is 422 g/mol. The molecule has 5 nitrogen and oxygen atoms in total. The maximum absolute atomic E-state index is 12.8. The number of carbonyl (C=O) groups is 1. The van der Waals surface area contributed by atoms with Crippen LogP contribution in [0.1, 0.15) is 26.8 Å². The standard InChI is InChI=1S/C22H19ClN4OS/c1-14-11-19(15(2)27(14)18-5-3-17(23)4-6-18)22(28)25-12-21-26-20(13-29-21)16-7-9-24-10-8-16/h3-11,13H,12H2,1-2H3,(H,25,28). The zero-order valence-corrected chi connectivity index (χ0v) is 17.6. The Kier molecular flexibility index (Phi) is 5.47. The van der Waals surface area contributed by atoms with E-state index in [1.165, 1.54) is 11.3 Å². The largest absolute Gasteiger partial charge is 0.345 e. The topological polar surface area (TPSA) is 59.8 Å². The predicted molar refractivity (Wildman–Crippen MR) is 117 cm³/mol. The highest BCUT2D eigenvalue weighted by atomic mass is 35.5. The average molecular weight is 423 g/mol. The molecule has 0 aliphatic rings. The third-order valence-electron chi connectivity index (χ3n) is 4.69. The number of aromatic nitrogens is 3. The molecule has 0 spiro atoms. The third kappa shape index (κ3) is 4.09. The molecule has 1 aromatic carbocycles. The maximum Gasteiger partial charge on any atom is 0.253 e. The average Bonchev–Trinajstić information content (AvgIpc) is 3.32. The molecule has 29 heavy (non-hydrogen) atoms. The van der Waals surface area contributed by atoms with Crippen LogP contribution in [0.2, 0.25) is 5.02 Å². The van der Waals surface area contributed by atoms with Gasteiger partial charge in [0.2, 0.25) is 0 Å². The van der Waals surface area contributed by atoms with Crippen LogP contribution in [0.4, 0.5) is 0 Å². The Hall–Kier alpha value is -2.96. The highest BCUT2D eigenvalue weighted by molar-refractivity contribution is 7.09. The van der Waals surface area contributed by atoms with E-state index in [4.69, 9.17) is 11.6 Å². The molecule has 0 saturated carbocycles. The van der Waals surface area contributed by atoms with Gasteiger partial charge in [-0.05, 0) is 56.3 Å². The third-order valence-corrected chi connectivity index (χ3v) is 5.79. The van der Waals surface area contributed by atoms with Gasteiger partial charge in [-0.15, -0.1) is 11.3 Å². The van der Waals surface area contributed by atoms with E-state index in [-0.39, 0.29) is 5.91 Å². The van der Waals surface area contributed by atoms with E-state index in [0.717, 1.165) is 33.3 Å². The van der Waals surface area contributed by atoms with Gasteiger partial charge in [0.25, 0.3) is 5.91 Å². The number of hydrogen-bond donors (Lipinski definition) is 1. The summed E-state index contributed by atoms with van der Waals surface area (Å²) < 4.78 is 2.05. The maximum atomic E-state index is 12.8. The van der Waals surface area contributed by atoms with Crippen molar-refractivity contribution in [3.05, 3.63) is 87.2 Å². The SMILES string of the molecule is Cc1cc(C(=O)NCc2nc(-c3ccncc3)cs2)c(C)n1-c1ccc(Cl)cc1. The molecule has 1 amide bonds. The lowest BCUT2D eigenvalue weighted by Gasteiger charge is -2.10. The van der Waals surface area contributed by atoms with E-state index in [1.807, 2.05) is 61.7 Å². The van der Waals surface area contributed by atoms with Crippen LogP contribution in [-0.4, -0.2) is 20.4 Å². The smallest absolute Gasteiger partial charge is 0.253 e. The zero-order valence-electron chi connectivity index (χ0n) is 16.0. The van der Waals surface area contributed by atoms with E-state index < -0.39 is 0 Å². The molecule has 146 valence electrons. The first-order valence-electron chi connectivity index (χ1n) is 9.11. The lowest BCUT2D eigenvalue weighted by Crippen LogP contribution is -2.23. The molecule has 0 aliphatic heterocycles. The second kappa shape index (κ2) is 8.19. The number of nitrogens with one attached hydrogen (secondary N) is 1. The molecule has 0 saturated heterocycles. The lowest BCUT2D eigenvalue weighted by atomic mass is 10.2. The van der Waals surface area contributed by atoms with Crippen molar-refractivity contribution in [3.8, 4) is 16.9 Å². The Morgan fingerprint density at radius 3 is 2.59 bits per heavy atom. The molecular weight excluding hydrogens is 404 g/mol. The van der Waals surface area contributed by atoms with Crippen LogP contribution in [0, 0.1) is 13.8 Å². The van der Waals surface area contributed by atoms with Gasteiger partial charge in [0.1, 0.15) is 5.01 Å². The normalized spacial score (nSPS) is 10.9. The van der Waals surface area contributed by atoms with E-state index in [2.05, 4.69) is 19.9 Å². The van der Waals surface area contributed by atoms with Gasteiger partial charge in [-0.1, -0.05) is 11.6 Å². The molecule has 3 aromatic heterocycles. The van der Waals surface area contributed by atoms with Gasteiger partial charge in [-0.2, -0.15) is 0 Å². The van der Waals surface area contributed by atoms with Crippen LogP contribution in [0.15, 0.2) is 60.2 Å². The number of rotatable bonds is 5. The summed E-state index contributed by atoms with van der Waals surface area (Å²) in [6, 6.07) is 13.3. The number of aryl methyl sites for hydroxylation is 1. The summed E-state index contributed by atoms with van der Waals surface area (Å²) in [7, 11) is 0. The molecule has 4 rings (SSSR count). The van der Waals surface area contributed by atoms with E-state index >= 15 is 0 Å². The van der Waals surface area contributed by atoms with Crippen LogP contribution >= 0.6 is 22.9 Å². The summed E-state index contributed by atoms with van der Waals surface area (Å²) in [5.74, 6) is -0.112. The molecule has 0 fully saturated rings. The summed E-state index contributed by atoms with van der Waals surface area (Å²) in [5, 5.41) is 6.52.